The number of benzene rings is 1. The molecule has 0 radical (unpaired) electrons. The van der Waals surface area contributed by atoms with Crippen LogP contribution in [-0.4, -0.2) is 32.0 Å². The van der Waals surface area contributed by atoms with Crippen LogP contribution in [0.1, 0.15) is 51.5 Å². The predicted octanol–water partition coefficient (Wildman–Crippen LogP) is 4.61. The number of halogens is 1. The third-order valence-corrected chi connectivity index (χ3v) is 7.10. The summed E-state index contributed by atoms with van der Waals surface area (Å²) in [6.07, 6.45) is 6.49. The molecule has 0 saturated heterocycles. The van der Waals surface area contributed by atoms with E-state index in [2.05, 4.69) is 26.2 Å². The molecule has 152 valence electrons. The fraction of sp³-hybridized carbons (Fsp3) is 0.524. The Morgan fingerprint density at radius 1 is 1.31 bits per heavy atom. The molecule has 1 aromatic heterocycles. The summed E-state index contributed by atoms with van der Waals surface area (Å²) in [4.78, 5) is 12.5. The summed E-state index contributed by atoms with van der Waals surface area (Å²) < 4.78 is 2.15. The summed E-state index contributed by atoms with van der Waals surface area (Å²) in [7, 11) is 0. The van der Waals surface area contributed by atoms with Gasteiger partial charge in [-0.2, -0.15) is 5.26 Å². The molecule has 1 amide bonds. The molecule has 2 fully saturated rings. The van der Waals surface area contributed by atoms with Crippen LogP contribution in [0.5, 0.6) is 0 Å². The third kappa shape index (κ3) is 4.29. The first-order valence-corrected chi connectivity index (χ1v) is 11.4. The number of thioether (sulfide) groups is 1. The minimum atomic E-state index is -0.778. The average Bonchev–Trinajstić information content (AvgIpc) is 3.29. The minimum Gasteiger partial charge on any atom is -0.337 e. The second-order valence-electron chi connectivity index (χ2n) is 8.02. The number of nitrogens with zero attached hydrogens (tertiary/aromatic N) is 4. The molecule has 0 spiro atoms. The van der Waals surface area contributed by atoms with Crippen LogP contribution in [0.2, 0.25) is 5.02 Å². The number of carbonyl (C=O) groups excluding carboxylic acids is 1. The number of hydrogen-bond donors (Lipinski definition) is 1. The Labute approximate surface area is 180 Å². The maximum Gasteiger partial charge on any atom is 0.231 e. The summed E-state index contributed by atoms with van der Waals surface area (Å²) in [6.45, 7) is 1.81. The Hall–Kier alpha value is -2.04. The van der Waals surface area contributed by atoms with Gasteiger partial charge in [0.25, 0.3) is 0 Å². The molecule has 0 aliphatic heterocycles. The smallest absolute Gasteiger partial charge is 0.231 e. The van der Waals surface area contributed by atoms with Crippen molar-refractivity contribution < 1.29 is 4.79 Å². The topological polar surface area (TPSA) is 83.6 Å². The number of rotatable bonds is 7. The molecule has 8 heteroatoms. The molecule has 1 atom stereocenters. The summed E-state index contributed by atoms with van der Waals surface area (Å²) in [5.74, 6) is 1.07. The van der Waals surface area contributed by atoms with Crippen molar-refractivity contribution in [2.75, 3.05) is 5.75 Å². The quantitative estimate of drug-likeness (QED) is 0.649. The normalized spacial score (nSPS) is 18.9. The van der Waals surface area contributed by atoms with Crippen molar-refractivity contribution >= 4 is 29.3 Å². The fourth-order valence-electron chi connectivity index (χ4n) is 4.03. The Morgan fingerprint density at radius 2 is 2.03 bits per heavy atom. The minimum absolute atomic E-state index is 0.147. The first kappa shape index (κ1) is 20.2. The van der Waals surface area contributed by atoms with Gasteiger partial charge in [0.1, 0.15) is 5.54 Å². The van der Waals surface area contributed by atoms with Gasteiger partial charge in [-0.15, -0.1) is 10.2 Å². The zero-order valence-electron chi connectivity index (χ0n) is 16.4. The monoisotopic (exact) mass is 429 g/mol. The fourth-order valence-corrected chi connectivity index (χ4v) is 5.06. The highest BCUT2D eigenvalue weighted by molar-refractivity contribution is 7.99. The Morgan fingerprint density at radius 3 is 2.69 bits per heavy atom. The second kappa shape index (κ2) is 8.37. The highest BCUT2D eigenvalue weighted by Crippen LogP contribution is 2.40. The lowest BCUT2D eigenvalue weighted by Crippen LogP contribution is -2.47. The SMILES string of the molecule is CC(C#N)(NC(=O)CSc1nnc(-c2ccccc2Cl)n1C1CCCC1)C1CC1. The molecule has 1 heterocycles. The van der Waals surface area contributed by atoms with Crippen LogP contribution in [-0.2, 0) is 4.79 Å². The molecule has 2 aliphatic rings. The van der Waals surface area contributed by atoms with E-state index >= 15 is 0 Å². The van der Waals surface area contributed by atoms with Gasteiger partial charge in [0.2, 0.25) is 5.91 Å². The van der Waals surface area contributed by atoms with Gasteiger partial charge in [-0.25, -0.2) is 0 Å². The van der Waals surface area contributed by atoms with E-state index in [9.17, 15) is 10.1 Å². The van der Waals surface area contributed by atoms with Crippen molar-refractivity contribution in [2.45, 2.75) is 62.2 Å². The molecule has 1 unspecified atom stereocenters. The standard InChI is InChI=1S/C21H24ClN5OS/c1-21(13-23,14-10-11-14)24-18(28)12-29-20-26-25-19(16-8-4-5-9-17(16)22)27(20)15-6-2-3-7-15/h4-5,8-9,14-15H,2-3,6-7,10-12H2,1H3,(H,24,28). The molecule has 29 heavy (non-hydrogen) atoms. The molecule has 2 aliphatic carbocycles. The van der Waals surface area contributed by atoms with Gasteiger partial charge in [-0.1, -0.05) is 48.3 Å². The van der Waals surface area contributed by atoms with E-state index < -0.39 is 5.54 Å². The van der Waals surface area contributed by atoms with E-state index in [0.717, 1.165) is 42.2 Å². The molecule has 6 nitrogen and oxygen atoms in total. The maximum absolute atomic E-state index is 12.5. The lowest BCUT2D eigenvalue weighted by molar-refractivity contribution is -0.119. The van der Waals surface area contributed by atoms with Crippen molar-refractivity contribution in [3.05, 3.63) is 29.3 Å². The van der Waals surface area contributed by atoms with Crippen molar-refractivity contribution in [1.29, 1.82) is 5.26 Å². The molecule has 2 saturated carbocycles. The highest BCUT2D eigenvalue weighted by atomic mass is 35.5. The highest BCUT2D eigenvalue weighted by Gasteiger charge is 2.43. The van der Waals surface area contributed by atoms with Crippen LogP contribution in [0, 0.1) is 17.2 Å². The first-order chi connectivity index (χ1) is 14.0. The number of hydrogen-bond acceptors (Lipinski definition) is 5. The number of carbonyl (C=O) groups is 1. The predicted molar refractivity (Wildman–Crippen MR) is 114 cm³/mol. The van der Waals surface area contributed by atoms with Crippen LogP contribution < -0.4 is 5.32 Å². The largest absolute Gasteiger partial charge is 0.337 e. The van der Waals surface area contributed by atoms with Gasteiger partial charge in [-0.05, 0) is 50.7 Å². The van der Waals surface area contributed by atoms with E-state index in [0.29, 0.717) is 11.1 Å². The molecular formula is C21H24ClN5OS. The summed E-state index contributed by atoms with van der Waals surface area (Å²) in [5.41, 5.74) is 0.0788. The van der Waals surface area contributed by atoms with Crippen LogP contribution in [0.4, 0.5) is 0 Å². The lowest BCUT2D eigenvalue weighted by atomic mass is 9.98. The van der Waals surface area contributed by atoms with Gasteiger partial charge in [-0.3, -0.25) is 9.36 Å². The van der Waals surface area contributed by atoms with Crippen LogP contribution in [0.15, 0.2) is 29.4 Å². The summed E-state index contributed by atoms with van der Waals surface area (Å²) >= 11 is 7.79. The molecule has 1 aromatic carbocycles. The van der Waals surface area contributed by atoms with Gasteiger partial charge < -0.3 is 5.32 Å². The summed E-state index contributed by atoms with van der Waals surface area (Å²) in [6, 6.07) is 10.2. The van der Waals surface area contributed by atoms with Crippen LogP contribution in [0.3, 0.4) is 0 Å². The van der Waals surface area contributed by atoms with Crippen molar-refractivity contribution in [1.82, 2.24) is 20.1 Å². The molecule has 4 rings (SSSR count). The van der Waals surface area contributed by atoms with Gasteiger partial charge >= 0.3 is 0 Å². The average molecular weight is 430 g/mol. The zero-order chi connectivity index (χ0) is 20.4. The van der Waals surface area contributed by atoms with E-state index in [4.69, 9.17) is 11.6 Å². The maximum atomic E-state index is 12.5. The Kier molecular flexibility index (Phi) is 5.84. The number of aromatic nitrogens is 3. The van der Waals surface area contributed by atoms with Crippen LogP contribution >= 0.6 is 23.4 Å². The number of nitrogens with one attached hydrogen (secondary N) is 1. The third-order valence-electron chi connectivity index (χ3n) is 5.83. The van der Waals surface area contributed by atoms with E-state index in [1.165, 1.54) is 24.6 Å². The van der Waals surface area contributed by atoms with E-state index in [1.54, 1.807) is 0 Å². The Balaban J connectivity index is 1.54. The van der Waals surface area contributed by atoms with Gasteiger partial charge in [0, 0.05) is 11.6 Å². The zero-order valence-corrected chi connectivity index (χ0v) is 18.0. The van der Waals surface area contributed by atoms with Crippen molar-refractivity contribution in [2.24, 2.45) is 5.92 Å². The lowest BCUT2D eigenvalue weighted by Gasteiger charge is -2.23. The van der Waals surface area contributed by atoms with Crippen molar-refractivity contribution in [3.63, 3.8) is 0 Å². The first-order valence-electron chi connectivity index (χ1n) is 10.1. The molecular weight excluding hydrogens is 406 g/mol. The molecule has 0 bridgehead atoms. The van der Waals surface area contributed by atoms with E-state index in [-0.39, 0.29) is 17.6 Å². The van der Waals surface area contributed by atoms with Gasteiger partial charge in [0.15, 0.2) is 11.0 Å². The molecule has 2 aromatic rings. The van der Waals surface area contributed by atoms with Crippen LogP contribution in [0.25, 0.3) is 11.4 Å². The number of amides is 1. The van der Waals surface area contributed by atoms with Gasteiger partial charge in [0.05, 0.1) is 16.8 Å². The molecule has 1 N–H and O–H groups in total. The summed E-state index contributed by atoms with van der Waals surface area (Å²) in [5, 5.41) is 22.6. The van der Waals surface area contributed by atoms with E-state index in [1.807, 2.05) is 31.2 Å². The number of nitriles is 1. The Bertz CT molecular complexity index is 945. The van der Waals surface area contributed by atoms with Crippen molar-refractivity contribution in [3.8, 4) is 17.5 Å². The second-order valence-corrected chi connectivity index (χ2v) is 9.37.